The van der Waals surface area contributed by atoms with Crippen molar-refractivity contribution in [3.05, 3.63) is 54.1 Å². The molecular weight excluding hydrogens is 400 g/mol. The standard InChI is InChI=1S/C19H20N2O7S/c1-27-16-9-7-15(8-10-16)21-18(23)12-29(25,26)11-17(22)20-14-5-3-13(4-6-14)19(24)28-2/h3-10H,11-12H2,1-2H3,(H,20,22)(H,21,23). The molecule has 2 rings (SSSR count). The number of carbonyl (C=O) groups is 3. The molecule has 0 atom stereocenters. The minimum atomic E-state index is -3.98. The molecule has 0 heterocycles. The van der Waals surface area contributed by atoms with Crippen LogP contribution in [0, 0.1) is 0 Å². The molecule has 0 bridgehead atoms. The van der Waals surface area contributed by atoms with Gasteiger partial charge in [-0.1, -0.05) is 0 Å². The van der Waals surface area contributed by atoms with E-state index in [1.54, 1.807) is 24.3 Å². The van der Waals surface area contributed by atoms with Gasteiger partial charge in [-0.25, -0.2) is 13.2 Å². The van der Waals surface area contributed by atoms with Crippen LogP contribution in [0.3, 0.4) is 0 Å². The van der Waals surface area contributed by atoms with Gasteiger partial charge in [0.15, 0.2) is 9.84 Å². The number of sulfone groups is 1. The number of nitrogens with one attached hydrogen (secondary N) is 2. The van der Waals surface area contributed by atoms with Crippen LogP contribution in [0.25, 0.3) is 0 Å². The number of amides is 2. The zero-order valence-electron chi connectivity index (χ0n) is 15.8. The van der Waals surface area contributed by atoms with Crippen LogP contribution < -0.4 is 15.4 Å². The number of hydrogen-bond acceptors (Lipinski definition) is 7. The van der Waals surface area contributed by atoms with E-state index in [9.17, 15) is 22.8 Å². The van der Waals surface area contributed by atoms with Gasteiger partial charge in [-0.3, -0.25) is 9.59 Å². The van der Waals surface area contributed by atoms with E-state index in [0.29, 0.717) is 17.1 Å². The second kappa shape index (κ2) is 9.69. The molecule has 29 heavy (non-hydrogen) atoms. The highest BCUT2D eigenvalue weighted by Crippen LogP contribution is 2.15. The first-order chi connectivity index (χ1) is 13.7. The Bertz CT molecular complexity index is 984. The number of methoxy groups -OCH3 is 2. The van der Waals surface area contributed by atoms with Gasteiger partial charge in [-0.2, -0.15) is 0 Å². The summed E-state index contributed by atoms with van der Waals surface area (Å²) in [4.78, 5) is 35.3. The van der Waals surface area contributed by atoms with Gasteiger partial charge in [0, 0.05) is 11.4 Å². The lowest BCUT2D eigenvalue weighted by Gasteiger charge is -2.08. The quantitative estimate of drug-likeness (QED) is 0.619. The summed E-state index contributed by atoms with van der Waals surface area (Å²) in [6.07, 6.45) is 0. The Morgan fingerprint density at radius 1 is 0.793 bits per heavy atom. The third-order valence-electron chi connectivity index (χ3n) is 3.67. The van der Waals surface area contributed by atoms with Crippen LogP contribution in [0.15, 0.2) is 48.5 Å². The normalized spacial score (nSPS) is 10.7. The second-order valence-corrected chi connectivity index (χ2v) is 7.99. The lowest BCUT2D eigenvalue weighted by atomic mass is 10.2. The Morgan fingerprint density at radius 3 is 1.66 bits per heavy atom. The Hall–Kier alpha value is -3.40. The van der Waals surface area contributed by atoms with Gasteiger partial charge in [0.2, 0.25) is 11.8 Å². The molecule has 0 aliphatic rings. The van der Waals surface area contributed by atoms with E-state index in [1.807, 2.05) is 0 Å². The van der Waals surface area contributed by atoms with Crippen LogP contribution in [0.4, 0.5) is 11.4 Å². The van der Waals surface area contributed by atoms with Crippen molar-refractivity contribution in [1.29, 1.82) is 0 Å². The number of ether oxygens (including phenoxy) is 2. The number of anilines is 2. The molecule has 0 aromatic heterocycles. The average molecular weight is 420 g/mol. The first kappa shape index (κ1) is 21.9. The number of benzene rings is 2. The minimum absolute atomic E-state index is 0.285. The van der Waals surface area contributed by atoms with E-state index in [-0.39, 0.29) is 5.56 Å². The smallest absolute Gasteiger partial charge is 0.337 e. The zero-order chi connectivity index (χ0) is 21.4. The minimum Gasteiger partial charge on any atom is -0.497 e. The van der Waals surface area contributed by atoms with Crippen LogP contribution >= 0.6 is 0 Å². The van der Waals surface area contributed by atoms with E-state index >= 15 is 0 Å². The van der Waals surface area contributed by atoms with E-state index in [0.717, 1.165) is 0 Å². The monoisotopic (exact) mass is 420 g/mol. The van der Waals surface area contributed by atoms with Gasteiger partial charge >= 0.3 is 5.97 Å². The molecule has 0 unspecified atom stereocenters. The molecule has 0 aliphatic heterocycles. The maximum atomic E-state index is 12.1. The Morgan fingerprint density at radius 2 is 1.24 bits per heavy atom. The zero-order valence-corrected chi connectivity index (χ0v) is 16.6. The Labute approximate surface area is 167 Å². The summed E-state index contributed by atoms with van der Waals surface area (Å²) in [7, 11) is -1.24. The third kappa shape index (κ3) is 6.92. The van der Waals surface area contributed by atoms with E-state index in [4.69, 9.17) is 4.74 Å². The van der Waals surface area contributed by atoms with Gasteiger partial charge in [-0.05, 0) is 48.5 Å². The largest absolute Gasteiger partial charge is 0.497 e. The summed E-state index contributed by atoms with van der Waals surface area (Å²) in [5.74, 6) is -3.20. The molecule has 2 N–H and O–H groups in total. The summed E-state index contributed by atoms with van der Waals surface area (Å²) in [6, 6.07) is 12.1. The maximum Gasteiger partial charge on any atom is 0.337 e. The van der Waals surface area contributed by atoms with E-state index in [1.165, 1.54) is 38.5 Å². The van der Waals surface area contributed by atoms with Gasteiger partial charge in [0.1, 0.15) is 17.3 Å². The van der Waals surface area contributed by atoms with Gasteiger partial charge in [-0.15, -0.1) is 0 Å². The topological polar surface area (TPSA) is 128 Å². The molecule has 0 radical (unpaired) electrons. The van der Waals surface area contributed by atoms with Gasteiger partial charge in [0.05, 0.1) is 19.8 Å². The Balaban J connectivity index is 1.89. The molecule has 0 saturated heterocycles. The summed E-state index contributed by atoms with van der Waals surface area (Å²) in [5.41, 5.74) is 0.995. The van der Waals surface area contributed by atoms with Crippen LogP contribution in [0.5, 0.6) is 5.75 Å². The summed E-state index contributed by atoms with van der Waals surface area (Å²) >= 11 is 0. The van der Waals surface area contributed by atoms with Crippen molar-refractivity contribution in [1.82, 2.24) is 0 Å². The molecule has 0 saturated carbocycles. The summed E-state index contributed by atoms with van der Waals surface area (Å²) in [6.45, 7) is 0. The molecule has 0 aliphatic carbocycles. The molecule has 2 amide bonds. The van der Waals surface area contributed by atoms with E-state index < -0.39 is 39.1 Å². The number of carbonyl (C=O) groups excluding carboxylic acids is 3. The third-order valence-corrected chi connectivity index (χ3v) is 5.07. The van der Waals surface area contributed by atoms with Crippen molar-refractivity contribution in [3.8, 4) is 5.75 Å². The molecule has 2 aromatic carbocycles. The van der Waals surface area contributed by atoms with Crippen molar-refractivity contribution in [2.75, 3.05) is 36.4 Å². The predicted octanol–water partition coefficient (Wildman–Crippen LogP) is 1.47. The highest BCUT2D eigenvalue weighted by molar-refractivity contribution is 7.92. The molecule has 10 heteroatoms. The van der Waals surface area contributed by atoms with Crippen molar-refractivity contribution < 1.29 is 32.3 Å². The average Bonchev–Trinajstić information content (AvgIpc) is 2.67. The van der Waals surface area contributed by atoms with Crippen LogP contribution in [-0.2, 0) is 24.2 Å². The molecule has 2 aromatic rings. The number of hydrogen-bond donors (Lipinski definition) is 2. The molecule has 154 valence electrons. The lowest BCUT2D eigenvalue weighted by Crippen LogP contribution is -2.30. The van der Waals surface area contributed by atoms with E-state index in [2.05, 4.69) is 15.4 Å². The molecule has 0 spiro atoms. The predicted molar refractivity (Wildman–Crippen MR) is 107 cm³/mol. The van der Waals surface area contributed by atoms with Crippen molar-refractivity contribution in [2.45, 2.75) is 0 Å². The van der Waals surface area contributed by atoms with Crippen molar-refractivity contribution >= 4 is 39.0 Å². The van der Waals surface area contributed by atoms with Crippen molar-refractivity contribution in [3.63, 3.8) is 0 Å². The summed E-state index contributed by atoms with van der Waals surface area (Å²) in [5, 5.41) is 4.85. The van der Waals surface area contributed by atoms with Crippen LogP contribution in [0.2, 0.25) is 0 Å². The molecule has 0 fully saturated rings. The SMILES string of the molecule is COC(=O)c1ccc(NC(=O)CS(=O)(=O)CC(=O)Nc2ccc(OC)cc2)cc1. The van der Waals surface area contributed by atoms with Crippen molar-refractivity contribution in [2.24, 2.45) is 0 Å². The first-order valence-electron chi connectivity index (χ1n) is 8.35. The fourth-order valence-electron chi connectivity index (χ4n) is 2.33. The van der Waals surface area contributed by atoms with Gasteiger partial charge < -0.3 is 20.1 Å². The summed E-state index contributed by atoms with van der Waals surface area (Å²) < 4.78 is 33.8. The maximum absolute atomic E-state index is 12.1. The van der Waals surface area contributed by atoms with Gasteiger partial charge in [0.25, 0.3) is 0 Å². The first-order valence-corrected chi connectivity index (χ1v) is 10.2. The lowest BCUT2D eigenvalue weighted by molar-refractivity contribution is -0.114. The number of esters is 1. The fourth-order valence-corrected chi connectivity index (χ4v) is 3.37. The number of rotatable bonds is 8. The second-order valence-electron chi connectivity index (χ2n) is 5.93. The van der Waals surface area contributed by atoms with Crippen LogP contribution in [-0.4, -0.2) is 51.9 Å². The highest BCUT2D eigenvalue weighted by atomic mass is 32.2. The fraction of sp³-hybridized carbons (Fsp3) is 0.211. The van der Waals surface area contributed by atoms with Crippen LogP contribution in [0.1, 0.15) is 10.4 Å². The molecule has 9 nitrogen and oxygen atoms in total. The highest BCUT2D eigenvalue weighted by Gasteiger charge is 2.21. The molecular formula is C19H20N2O7S. The Kier molecular flexibility index (Phi) is 7.32.